The lowest BCUT2D eigenvalue weighted by Gasteiger charge is -2.17. The summed E-state index contributed by atoms with van der Waals surface area (Å²) in [5.74, 6) is -0.522. The van der Waals surface area contributed by atoms with Crippen molar-refractivity contribution in [2.75, 3.05) is 27.0 Å². The number of halogens is 1. The molecular weight excluding hydrogens is 400 g/mol. The van der Waals surface area contributed by atoms with E-state index in [2.05, 4.69) is 5.32 Å². The van der Waals surface area contributed by atoms with E-state index in [0.717, 1.165) is 5.56 Å². The van der Waals surface area contributed by atoms with Gasteiger partial charge in [0.1, 0.15) is 6.54 Å². The number of fused-ring (bicyclic) bond motifs is 1. The van der Waals surface area contributed by atoms with Gasteiger partial charge in [-0.3, -0.25) is 14.4 Å². The van der Waals surface area contributed by atoms with E-state index in [1.807, 2.05) is 12.1 Å². The number of esters is 1. The molecule has 29 heavy (non-hydrogen) atoms. The van der Waals surface area contributed by atoms with Crippen molar-refractivity contribution in [3.05, 3.63) is 58.6 Å². The van der Waals surface area contributed by atoms with Crippen molar-refractivity contribution in [1.82, 2.24) is 10.2 Å². The van der Waals surface area contributed by atoms with Crippen molar-refractivity contribution >= 4 is 29.4 Å². The second kappa shape index (κ2) is 9.29. The van der Waals surface area contributed by atoms with Crippen LogP contribution in [0.15, 0.2) is 42.5 Å². The average molecular weight is 419 g/mol. The first-order valence-corrected chi connectivity index (χ1v) is 9.12. The number of amides is 2. The van der Waals surface area contributed by atoms with Gasteiger partial charge in [-0.15, -0.1) is 0 Å². The molecular formula is C20H19ClN2O6. The lowest BCUT2D eigenvalue weighted by atomic mass is 10.2. The van der Waals surface area contributed by atoms with Gasteiger partial charge in [-0.05, 0) is 35.9 Å². The number of nitrogens with one attached hydrogen (secondary N) is 1. The van der Waals surface area contributed by atoms with Gasteiger partial charge >= 0.3 is 5.97 Å². The van der Waals surface area contributed by atoms with Gasteiger partial charge in [0, 0.05) is 24.2 Å². The van der Waals surface area contributed by atoms with Crippen LogP contribution in [-0.4, -0.2) is 49.7 Å². The number of hydrogen-bond acceptors (Lipinski definition) is 6. The molecule has 0 unspecified atom stereocenters. The Morgan fingerprint density at radius 2 is 1.83 bits per heavy atom. The summed E-state index contributed by atoms with van der Waals surface area (Å²) >= 11 is 5.83. The molecule has 0 saturated carbocycles. The zero-order valence-electron chi connectivity index (χ0n) is 15.6. The number of ether oxygens (including phenoxy) is 3. The summed E-state index contributed by atoms with van der Waals surface area (Å²) < 4.78 is 15.3. The van der Waals surface area contributed by atoms with Crippen LogP contribution in [0.4, 0.5) is 0 Å². The Hall–Kier alpha value is -3.26. The summed E-state index contributed by atoms with van der Waals surface area (Å²) in [6.45, 7) is -0.314. The standard InChI is InChI=1S/C20H19ClN2O6/c1-23(10-13-2-5-15(21)6-3-13)18(24)11-27-19(25)9-22-20(26)14-4-7-16-17(8-14)29-12-28-16/h2-8H,9-12H2,1H3,(H,22,26). The molecule has 0 spiro atoms. The largest absolute Gasteiger partial charge is 0.454 e. The Morgan fingerprint density at radius 1 is 1.10 bits per heavy atom. The van der Waals surface area contributed by atoms with Gasteiger partial charge in [-0.1, -0.05) is 23.7 Å². The second-order valence-corrected chi connectivity index (χ2v) is 6.72. The number of hydrogen-bond donors (Lipinski definition) is 1. The molecule has 8 nitrogen and oxygen atoms in total. The predicted molar refractivity (Wildman–Crippen MR) is 104 cm³/mol. The first kappa shape index (κ1) is 20.5. The van der Waals surface area contributed by atoms with Crippen LogP contribution in [0.1, 0.15) is 15.9 Å². The molecule has 3 rings (SSSR count). The summed E-state index contributed by atoms with van der Waals surface area (Å²) in [7, 11) is 1.60. The number of benzene rings is 2. The fourth-order valence-corrected chi connectivity index (χ4v) is 2.67. The van der Waals surface area contributed by atoms with Crippen LogP contribution in [0.5, 0.6) is 11.5 Å². The smallest absolute Gasteiger partial charge is 0.325 e. The molecule has 2 aromatic rings. The summed E-state index contributed by atoms with van der Waals surface area (Å²) in [6, 6.07) is 11.8. The van der Waals surface area contributed by atoms with Gasteiger partial charge in [0.2, 0.25) is 6.79 Å². The molecule has 1 aliphatic heterocycles. The summed E-state index contributed by atoms with van der Waals surface area (Å²) in [5.41, 5.74) is 1.22. The van der Waals surface area contributed by atoms with E-state index in [-0.39, 0.29) is 19.2 Å². The van der Waals surface area contributed by atoms with Crippen molar-refractivity contribution in [3.63, 3.8) is 0 Å². The molecule has 0 atom stereocenters. The summed E-state index contributed by atoms with van der Waals surface area (Å²) in [4.78, 5) is 37.5. The molecule has 0 aromatic heterocycles. The van der Waals surface area contributed by atoms with Crippen molar-refractivity contribution in [3.8, 4) is 11.5 Å². The molecule has 9 heteroatoms. The number of carbonyl (C=O) groups is 3. The third kappa shape index (κ3) is 5.61. The van der Waals surface area contributed by atoms with Crippen molar-refractivity contribution < 1.29 is 28.6 Å². The van der Waals surface area contributed by atoms with Crippen LogP contribution < -0.4 is 14.8 Å². The maximum Gasteiger partial charge on any atom is 0.325 e. The minimum Gasteiger partial charge on any atom is -0.454 e. The lowest BCUT2D eigenvalue weighted by Crippen LogP contribution is -2.34. The van der Waals surface area contributed by atoms with Crippen LogP contribution in [0.25, 0.3) is 0 Å². The fraction of sp³-hybridized carbons (Fsp3) is 0.250. The van der Waals surface area contributed by atoms with Crippen LogP contribution in [0, 0.1) is 0 Å². The quantitative estimate of drug-likeness (QED) is 0.691. The van der Waals surface area contributed by atoms with Crippen LogP contribution >= 0.6 is 11.6 Å². The minimum atomic E-state index is -0.715. The molecule has 0 aliphatic carbocycles. The SMILES string of the molecule is CN(Cc1ccc(Cl)cc1)C(=O)COC(=O)CNC(=O)c1ccc2c(c1)OCO2. The number of carbonyl (C=O) groups excluding carboxylic acids is 3. The highest BCUT2D eigenvalue weighted by Crippen LogP contribution is 2.32. The summed E-state index contributed by atoms with van der Waals surface area (Å²) in [6.07, 6.45) is 0. The number of likely N-dealkylation sites (N-methyl/N-ethyl adjacent to an activating group) is 1. The Labute approximate surface area is 172 Å². The lowest BCUT2D eigenvalue weighted by molar-refractivity contribution is -0.150. The van der Waals surface area contributed by atoms with Crippen molar-refractivity contribution in [1.29, 1.82) is 0 Å². The van der Waals surface area contributed by atoms with E-state index in [9.17, 15) is 14.4 Å². The van der Waals surface area contributed by atoms with E-state index >= 15 is 0 Å². The predicted octanol–water partition coefficient (Wildman–Crippen LogP) is 2.00. The number of rotatable bonds is 7. The average Bonchev–Trinajstić information content (AvgIpc) is 3.19. The van der Waals surface area contributed by atoms with Gasteiger partial charge in [0.25, 0.3) is 11.8 Å². The van der Waals surface area contributed by atoms with Gasteiger partial charge in [0.15, 0.2) is 18.1 Å². The molecule has 0 bridgehead atoms. The van der Waals surface area contributed by atoms with E-state index in [0.29, 0.717) is 28.6 Å². The van der Waals surface area contributed by atoms with Crippen molar-refractivity contribution in [2.45, 2.75) is 6.54 Å². The third-order valence-corrected chi connectivity index (χ3v) is 4.40. The van der Waals surface area contributed by atoms with Crippen LogP contribution in [0.2, 0.25) is 5.02 Å². The Bertz CT molecular complexity index is 916. The zero-order chi connectivity index (χ0) is 20.8. The molecule has 0 fully saturated rings. The molecule has 0 radical (unpaired) electrons. The third-order valence-electron chi connectivity index (χ3n) is 4.14. The minimum absolute atomic E-state index is 0.104. The molecule has 1 heterocycles. The maximum atomic E-state index is 12.1. The highest BCUT2D eigenvalue weighted by molar-refractivity contribution is 6.30. The first-order valence-electron chi connectivity index (χ1n) is 8.74. The topological polar surface area (TPSA) is 94.2 Å². The van der Waals surface area contributed by atoms with Crippen LogP contribution in [-0.2, 0) is 20.9 Å². The zero-order valence-corrected chi connectivity index (χ0v) is 16.4. The monoisotopic (exact) mass is 418 g/mol. The highest BCUT2D eigenvalue weighted by atomic mass is 35.5. The van der Waals surface area contributed by atoms with Gasteiger partial charge in [0.05, 0.1) is 0 Å². The molecule has 2 aromatic carbocycles. The maximum absolute atomic E-state index is 12.1. The fourth-order valence-electron chi connectivity index (χ4n) is 2.55. The molecule has 0 saturated heterocycles. The molecule has 152 valence electrons. The van der Waals surface area contributed by atoms with E-state index in [4.69, 9.17) is 25.8 Å². The molecule has 1 aliphatic rings. The Morgan fingerprint density at radius 3 is 2.59 bits per heavy atom. The number of nitrogens with zero attached hydrogens (tertiary/aromatic N) is 1. The van der Waals surface area contributed by atoms with Crippen LogP contribution in [0.3, 0.4) is 0 Å². The van der Waals surface area contributed by atoms with E-state index < -0.39 is 18.5 Å². The van der Waals surface area contributed by atoms with Gasteiger partial charge in [-0.2, -0.15) is 0 Å². The highest BCUT2D eigenvalue weighted by Gasteiger charge is 2.17. The summed E-state index contributed by atoms with van der Waals surface area (Å²) in [5, 5.41) is 3.05. The Balaban J connectivity index is 1.40. The Kier molecular flexibility index (Phi) is 6.56. The van der Waals surface area contributed by atoms with E-state index in [1.165, 1.54) is 11.0 Å². The first-order chi connectivity index (χ1) is 13.9. The van der Waals surface area contributed by atoms with Gasteiger partial charge < -0.3 is 24.4 Å². The second-order valence-electron chi connectivity index (χ2n) is 6.29. The molecule has 2 amide bonds. The normalized spacial score (nSPS) is 11.7. The van der Waals surface area contributed by atoms with Gasteiger partial charge in [-0.25, -0.2) is 0 Å². The van der Waals surface area contributed by atoms with E-state index in [1.54, 1.807) is 31.3 Å². The molecule has 1 N–H and O–H groups in total. The van der Waals surface area contributed by atoms with Crippen molar-refractivity contribution in [2.24, 2.45) is 0 Å².